The third-order valence-corrected chi connectivity index (χ3v) is 1.38. The second kappa shape index (κ2) is 1.74. The Labute approximate surface area is 53.5 Å². The summed E-state index contributed by atoms with van der Waals surface area (Å²) in [7, 11) is 0. The van der Waals surface area contributed by atoms with E-state index in [-0.39, 0.29) is 6.04 Å². The van der Waals surface area contributed by atoms with Gasteiger partial charge in [0.15, 0.2) is 6.26 Å². The minimum absolute atomic E-state index is 0.231. The SMILES string of the molecule is [C]1=C2C=CC=CC2NO1. The first kappa shape index (κ1) is 4.82. The van der Waals surface area contributed by atoms with E-state index in [4.69, 9.17) is 4.84 Å². The van der Waals surface area contributed by atoms with Gasteiger partial charge >= 0.3 is 0 Å². The Morgan fingerprint density at radius 1 is 1.56 bits per heavy atom. The van der Waals surface area contributed by atoms with Crippen molar-refractivity contribution < 1.29 is 4.84 Å². The number of fused-ring (bicyclic) bond motifs is 1. The molecule has 1 aliphatic heterocycles. The van der Waals surface area contributed by atoms with E-state index in [2.05, 4.69) is 11.7 Å². The van der Waals surface area contributed by atoms with Crippen molar-refractivity contribution in [1.82, 2.24) is 5.48 Å². The molecule has 2 aliphatic rings. The molecule has 0 aromatic carbocycles. The van der Waals surface area contributed by atoms with Crippen molar-refractivity contribution in [2.24, 2.45) is 0 Å². The topological polar surface area (TPSA) is 21.3 Å². The van der Waals surface area contributed by atoms with Gasteiger partial charge in [-0.25, -0.2) is 0 Å². The van der Waals surface area contributed by atoms with Gasteiger partial charge in [0.2, 0.25) is 0 Å². The van der Waals surface area contributed by atoms with Gasteiger partial charge in [0.25, 0.3) is 0 Å². The lowest BCUT2D eigenvalue weighted by Gasteiger charge is -2.05. The fraction of sp³-hybridized carbons (Fsp3) is 0.143. The van der Waals surface area contributed by atoms with Crippen molar-refractivity contribution >= 4 is 0 Å². The Bertz CT molecular complexity index is 200. The van der Waals surface area contributed by atoms with E-state index >= 15 is 0 Å². The maximum absolute atomic E-state index is 4.75. The lowest BCUT2D eigenvalue weighted by Crippen LogP contribution is -2.21. The lowest BCUT2D eigenvalue weighted by molar-refractivity contribution is 0.137. The summed E-state index contributed by atoms with van der Waals surface area (Å²) in [4.78, 5) is 4.75. The molecular weight excluding hydrogens is 114 g/mol. The van der Waals surface area contributed by atoms with Crippen molar-refractivity contribution in [3.8, 4) is 0 Å². The maximum Gasteiger partial charge on any atom is 0.197 e. The van der Waals surface area contributed by atoms with Crippen LogP contribution in [0, 0.1) is 6.26 Å². The van der Waals surface area contributed by atoms with Crippen LogP contribution in [0.5, 0.6) is 0 Å². The summed E-state index contributed by atoms with van der Waals surface area (Å²) < 4.78 is 0. The molecule has 1 aliphatic carbocycles. The zero-order valence-electron chi connectivity index (χ0n) is 4.79. The molecule has 0 spiro atoms. The minimum Gasteiger partial charge on any atom is -0.403 e. The first-order valence-electron chi connectivity index (χ1n) is 2.86. The monoisotopic (exact) mass is 120 g/mol. The molecule has 45 valence electrons. The zero-order valence-corrected chi connectivity index (χ0v) is 4.79. The van der Waals surface area contributed by atoms with E-state index in [1.54, 1.807) is 0 Å². The van der Waals surface area contributed by atoms with E-state index < -0.39 is 0 Å². The van der Waals surface area contributed by atoms with Crippen LogP contribution in [0.15, 0.2) is 29.9 Å². The van der Waals surface area contributed by atoms with Crippen LogP contribution < -0.4 is 5.48 Å². The fourth-order valence-electron chi connectivity index (χ4n) is 0.894. The minimum atomic E-state index is 0.231. The van der Waals surface area contributed by atoms with Crippen LogP contribution in [0.25, 0.3) is 0 Å². The van der Waals surface area contributed by atoms with Gasteiger partial charge in [-0.1, -0.05) is 24.3 Å². The Balaban J connectivity index is 2.33. The van der Waals surface area contributed by atoms with Crippen LogP contribution in [0.3, 0.4) is 0 Å². The summed E-state index contributed by atoms with van der Waals surface area (Å²) >= 11 is 0. The number of hydroxylamine groups is 1. The molecule has 0 bridgehead atoms. The normalized spacial score (nSPS) is 29.3. The molecule has 2 heteroatoms. The smallest absolute Gasteiger partial charge is 0.197 e. The Morgan fingerprint density at radius 2 is 2.56 bits per heavy atom. The van der Waals surface area contributed by atoms with Gasteiger partial charge in [-0.2, -0.15) is 0 Å². The quantitative estimate of drug-likeness (QED) is 0.508. The molecule has 1 unspecified atom stereocenters. The van der Waals surface area contributed by atoms with Gasteiger partial charge in [0.1, 0.15) is 0 Å². The molecule has 2 rings (SSSR count). The molecule has 0 saturated carbocycles. The molecule has 1 radical (unpaired) electrons. The molecule has 0 amide bonds. The van der Waals surface area contributed by atoms with Gasteiger partial charge in [-0.05, 0) is 0 Å². The van der Waals surface area contributed by atoms with Gasteiger partial charge in [-0.15, -0.1) is 5.48 Å². The molecule has 9 heavy (non-hydrogen) atoms. The zero-order chi connectivity index (χ0) is 6.10. The number of rotatable bonds is 0. The fourth-order valence-corrected chi connectivity index (χ4v) is 0.894. The average molecular weight is 120 g/mol. The lowest BCUT2D eigenvalue weighted by atomic mass is 10.1. The van der Waals surface area contributed by atoms with E-state index in [9.17, 15) is 0 Å². The van der Waals surface area contributed by atoms with Crippen molar-refractivity contribution in [3.05, 3.63) is 36.1 Å². The van der Waals surface area contributed by atoms with E-state index in [1.165, 1.54) is 0 Å². The van der Waals surface area contributed by atoms with E-state index in [0.29, 0.717) is 0 Å². The third kappa shape index (κ3) is 0.678. The molecule has 0 aromatic heterocycles. The second-order valence-corrected chi connectivity index (χ2v) is 2.00. The highest BCUT2D eigenvalue weighted by molar-refractivity contribution is 5.34. The van der Waals surface area contributed by atoms with Gasteiger partial charge in [0.05, 0.1) is 6.04 Å². The average Bonchev–Trinajstić information content (AvgIpc) is 2.33. The molecular formula is C7H6NO. The summed E-state index contributed by atoms with van der Waals surface area (Å²) in [5, 5.41) is 0. The van der Waals surface area contributed by atoms with Crippen LogP contribution in [0.1, 0.15) is 0 Å². The molecule has 1 heterocycles. The standard InChI is InChI=1S/C7H6NO/c1-2-4-7-6(3-1)5-9-8-7/h1-4,7-8H. The second-order valence-electron chi connectivity index (χ2n) is 2.00. The summed E-state index contributed by atoms with van der Waals surface area (Å²) in [5.74, 6) is 0. The van der Waals surface area contributed by atoms with Crippen LogP contribution >= 0.6 is 0 Å². The number of allylic oxidation sites excluding steroid dienone is 2. The largest absolute Gasteiger partial charge is 0.403 e. The van der Waals surface area contributed by atoms with E-state index in [0.717, 1.165) is 5.57 Å². The molecule has 0 aromatic rings. The van der Waals surface area contributed by atoms with Crippen LogP contribution in [0.2, 0.25) is 0 Å². The van der Waals surface area contributed by atoms with Gasteiger partial charge in [0, 0.05) is 5.57 Å². The Hall–Kier alpha value is -1.02. The van der Waals surface area contributed by atoms with Crippen LogP contribution in [-0.2, 0) is 4.84 Å². The first-order valence-corrected chi connectivity index (χ1v) is 2.86. The molecule has 2 nitrogen and oxygen atoms in total. The van der Waals surface area contributed by atoms with Gasteiger partial charge in [-0.3, -0.25) is 0 Å². The molecule has 0 fully saturated rings. The number of hydrogen-bond donors (Lipinski definition) is 1. The molecule has 1 N–H and O–H groups in total. The summed E-state index contributed by atoms with van der Waals surface area (Å²) in [5.41, 5.74) is 3.84. The summed E-state index contributed by atoms with van der Waals surface area (Å²) in [6, 6.07) is 0.231. The highest BCUT2D eigenvalue weighted by Gasteiger charge is 2.16. The summed E-state index contributed by atoms with van der Waals surface area (Å²) in [6.45, 7) is 0. The van der Waals surface area contributed by atoms with E-state index in [1.807, 2.05) is 24.3 Å². The van der Waals surface area contributed by atoms with Crippen LogP contribution in [0.4, 0.5) is 0 Å². The van der Waals surface area contributed by atoms with Crippen molar-refractivity contribution in [1.29, 1.82) is 0 Å². The van der Waals surface area contributed by atoms with Crippen LogP contribution in [-0.4, -0.2) is 6.04 Å². The first-order chi connectivity index (χ1) is 4.47. The molecule has 0 saturated heterocycles. The number of hydrogen-bond acceptors (Lipinski definition) is 2. The predicted octanol–water partition coefficient (Wildman–Crippen LogP) is 0.703. The third-order valence-electron chi connectivity index (χ3n) is 1.38. The highest BCUT2D eigenvalue weighted by Crippen LogP contribution is 2.14. The maximum atomic E-state index is 4.75. The Kier molecular flexibility index (Phi) is 0.932. The molecule has 1 atom stereocenters. The van der Waals surface area contributed by atoms with Crippen molar-refractivity contribution in [2.45, 2.75) is 6.04 Å². The van der Waals surface area contributed by atoms with Gasteiger partial charge < -0.3 is 4.84 Å². The summed E-state index contributed by atoms with van der Waals surface area (Å²) in [6.07, 6.45) is 10.7. The number of nitrogens with one attached hydrogen (secondary N) is 1. The van der Waals surface area contributed by atoms with Crippen molar-refractivity contribution in [2.75, 3.05) is 0 Å². The predicted molar refractivity (Wildman–Crippen MR) is 33.0 cm³/mol. The highest BCUT2D eigenvalue weighted by atomic mass is 16.6. The van der Waals surface area contributed by atoms with Crippen molar-refractivity contribution in [3.63, 3.8) is 0 Å². The Morgan fingerprint density at radius 3 is 3.44 bits per heavy atom.